The normalized spacial score (nSPS) is 10.9. The number of nitrogens with two attached hydrogens (primary N) is 1. The maximum Gasteiger partial charge on any atom is 0.320 e. The third-order valence-corrected chi connectivity index (χ3v) is 3.37. The van der Waals surface area contributed by atoms with Gasteiger partial charge >= 0.3 is 6.01 Å². The Morgan fingerprint density at radius 1 is 1.10 bits per heavy atom. The van der Waals surface area contributed by atoms with E-state index in [1.807, 2.05) is 24.3 Å². The molecule has 0 aliphatic heterocycles. The highest BCUT2D eigenvalue weighted by Gasteiger charge is 2.05. The summed E-state index contributed by atoms with van der Waals surface area (Å²) in [4.78, 5) is 0. The van der Waals surface area contributed by atoms with Gasteiger partial charge in [-0.15, -0.1) is 5.10 Å². The van der Waals surface area contributed by atoms with E-state index in [0.29, 0.717) is 24.9 Å². The van der Waals surface area contributed by atoms with Gasteiger partial charge in [0.15, 0.2) is 0 Å². The van der Waals surface area contributed by atoms with Crippen LogP contribution in [0.4, 0.5) is 11.7 Å². The average molecular weight is 333 g/mol. The van der Waals surface area contributed by atoms with Crippen LogP contribution in [-0.2, 0) is 6.42 Å². The molecule has 0 amide bonds. The van der Waals surface area contributed by atoms with Gasteiger partial charge in [-0.05, 0) is 35.0 Å². The second-order valence-corrected chi connectivity index (χ2v) is 5.29. The molecule has 0 fully saturated rings. The molecule has 0 aliphatic carbocycles. The Labute approximate surface area is 124 Å². The summed E-state index contributed by atoms with van der Waals surface area (Å²) in [6.07, 6.45) is 0.584. The van der Waals surface area contributed by atoms with Gasteiger partial charge in [-0.3, -0.25) is 0 Å². The molecule has 0 aliphatic rings. The van der Waals surface area contributed by atoms with Crippen molar-refractivity contribution >= 4 is 38.4 Å². The lowest BCUT2D eigenvalue weighted by molar-refractivity contribution is 0.510. The molecule has 3 N–H and O–H groups in total. The Bertz CT molecular complexity index is 741. The fourth-order valence-electron chi connectivity index (χ4n) is 1.95. The lowest BCUT2D eigenvalue weighted by Crippen LogP contribution is -2.02. The van der Waals surface area contributed by atoms with E-state index in [0.717, 1.165) is 15.5 Å². The van der Waals surface area contributed by atoms with Gasteiger partial charge in [-0.25, -0.2) is 0 Å². The highest BCUT2D eigenvalue weighted by Crippen LogP contribution is 2.24. The van der Waals surface area contributed by atoms with Crippen LogP contribution in [0.5, 0.6) is 0 Å². The number of hydrogen-bond acceptors (Lipinski definition) is 5. The van der Waals surface area contributed by atoms with Crippen LogP contribution in [0, 0.1) is 0 Å². The molecule has 6 heteroatoms. The summed E-state index contributed by atoms with van der Waals surface area (Å²) in [7, 11) is 0. The molecule has 3 aromatic rings. The zero-order valence-corrected chi connectivity index (χ0v) is 12.2. The van der Waals surface area contributed by atoms with E-state index in [-0.39, 0.29) is 0 Å². The van der Waals surface area contributed by atoms with Crippen LogP contribution in [0.3, 0.4) is 0 Å². The van der Waals surface area contributed by atoms with Crippen LogP contribution in [0.2, 0.25) is 0 Å². The second kappa shape index (κ2) is 5.60. The van der Waals surface area contributed by atoms with E-state index in [2.05, 4.69) is 43.6 Å². The molecule has 0 radical (unpaired) electrons. The minimum Gasteiger partial charge on any atom is -0.408 e. The number of aromatic nitrogens is 2. The summed E-state index contributed by atoms with van der Waals surface area (Å²) >= 11 is 3.46. The van der Waals surface area contributed by atoms with E-state index in [1.54, 1.807) is 0 Å². The standard InChI is InChI=1S/C14H13BrN4O/c15-11-3-1-10-8-12(4-2-9(10)7-11)17-14-19-18-13(20-14)5-6-16/h1-4,7-8H,5-6,16H2,(H,17,19). The quantitative estimate of drug-likeness (QED) is 0.766. The molecule has 0 saturated heterocycles. The number of benzene rings is 2. The van der Waals surface area contributed by atoms with Crippen molar-refractivity contribution in [2.24, 2.45) is 5.73 Å². The summed E-state index contributed by atoms with van der Waals surface area (Å²) in [5.74, 6) is 0.541. The predicted molar refractivity (Wildman–Crippen MR) is 82.0 cm³/mol. The molecule has 0 spiro atoms. The second-order valence-electron chi connectivity index (χ2n) is 4.37. The van der Waals surface area contributed by atoms with Crippen LogP contribution < -0.4 is 11.1 Å². The molecule has 0 saturated carbocycles. The van der Waals surface area contributed by atoms with E-state index in [9.17, 15) is 0 Å². The van der Waals surface area contributed by atoms with Crippen molar-refractivity contribution < 1.29 is 4.42 Å². The summed E-state index contributed by atoms with van der Waals surface area (Å²) in [6.45, 7) is 0.493. The molecule has 2 aromatic carbocycles. The minimum absolute atomic E-state index is 0.380. The highest BCUT2D eigenvalue weighted by molar-refractivity contribution is 9.10. The molecule has 102 valence electrons. The van der Waals surface area contributed by atoms with Gasteiger partial charge in [0.05, 0.1) is 0 Å². The third kappa shape index (κ3) is 2.81. The Balaban J connectivity index is 1.84. The molecule has 5 nitrogen and oxygen atoms in total. The summed E-state index contributed by atoms with van der Waals surface area (Å²) < 4.78 is 6.50. The number of nitrogens with zero attached hydrogens (tertiary/aromatic N) is 2. The van der Waals surface area contributed by atoms with E-state index < -0.39 is 0 Å². The van der Waals surface area contributed by atoms with E-state index in [1.165, 1.54) is 5.39 Å². The number of hydrogen-bond donors (Lipinski definition) is 2. The Morgan fingerprint density at radius 2 is 1.90 bits per heavy atom. The lowest BCUT2D eigenvalue weighted by Gasteiger charge is -2.04. The molecule has 3 rings (SSSR count). The summed E-state index contributed by atoms with van der Waals surface area (Å²) in [6, 6.07) is 12.6. The van der Waals surface area contributed by atoms with Crippen LogP contribution in [-0.4, -0.2) is 16.7 Å². The van der Waals surface area contributed by atoms with E-state index >= 15 is 0 Å². The van der Waals surface area contributed by atoms with Gasteiger partial charge < -0.3 is 15.5 Å². The third-order valence-electron chi connectivity index (χ3n) is 2.88. The topological polar surface area (TPSA) is 77.0 Å². The van der Waals surface area contributed by atoms with Gasteiger partial charge in [-0.1, -0.05) is 33.2 Å². The van der Waals surface area contributed by atoms with Crippen LogP contribution in [0.1, 0.15) is 5.89 Å². The summed E-state index contributed by atoms with van der Waals surface area (Å²) in [5.41, 5.74) is 6.35. The highest BCUT2D eigenvalue weighted by atomic mass is 79.9. The van der Waals surface area contributed by atoms with Crippen molar-refractivity contribution in [1.82, 2.24) is 10.2 Å². The van der Waals surface area contributed by atoms with Crippen molar-refractivity contribution in [3.05, 3.63) is 46.8 Å². The van der Waals surface area contributed by atoms with Gasteiger partial charge in [0, 0.05) is 23.1 Å². The Hall–Kier alpha value is -1.92. The van der Waals surface area contributed by atoms with Crippen LogP contribution in [0.15, 0.2) is 45.3 Å². The number of rotatable bonds is 4. The molecule has 1 heterocycles. The lowest BCUT2D eigenvalue weighted by atomic mass is 10.1. The van der Waals surface area contributed by atoms with Crippen molar-refractivity contribution in [1.29, 1.82) is 0 Å². The SMILES string of the molecule is NCCc1nnc(Nc2ccc3cc(Br)ccc3c2)o1. The first-order chi connectivity index (χ1) is 9.74. The average Bonchev–Trinajstić information content (AvgIpc) is 2.87. The van der Waals surface area contributed by atoms with Gasteiger partial charge in [0.2, 0.25) is 5.89 Å². The molecule has 0 bridgehead atoms. The number of nitrogens with one attached hydrogen (secondary N) is 1. The zero-order valence-electron chi connectivity index (χ0n) is 10.6. The van der Waals surface area contributed by atoms with Gasteiger partial charge in [0.25, 0.3) is 0 Å². The van der Waals surface area contributed by atoms with Crippen molar-refractivity contribution in [3.63, 3.8) is 0 Å². The van der Waals surface area contributed by atoms with Crippen molar-refractivity contribution in [2.45, 2.75) is 6.42 Å². The minimum atomic E-state index is 0.380. The van der Waals surface area contributed by atoms with Gasteiger partial charge in [-0.2, -0.15) is 0 Å². The van der Waals surface area contributed by atoms with Crippen LogP contribution >= 0.6 is 15.9 Å². The van der Waals surface area contributed by atoms with Crippen molar-refractivity contribution in [3.8, 4) is 0 Å². The molecule has 0 atom stereocenters. The summed E-state index contributed by atoms with van der Waals surface area (Å²) in [5, 5.41) is 13.2. The Kier molecular flexibility index (Phi) is 3.66. The molecular weight excluding hydrogens is 320 g/mol. The number of fused-ring (bicyclic) bond motifs is 1. The molecule has 1 aromatic heterocycles. The zero-order chi connectivity index (χ0) is 13.9. The fraction of sp³-hybridized carbons (Fsp3) is 0.143. The predicted octanol–water partition coefficient (Wildman–Crippen LogP) is 3.23. The molecule has 0 unspecified atom stereocenters. The molecule has 20 heavy (non-hydrogen) atoms. The largest absolute Gasteiger partial charge is 0.408 e. The van der Waals surface area contributed by atoms with Gasteiger partial charge in [0.1, 0.15) is 0 Å². The number of halogens is 1. The first-order valence-electron chi connectivity index (χ1n) is 6.23. The first kappa shape index (κ1) is 13.1. The maximum atomic E-state index is 5.44. The van der Waals surface area contributed by atoms with E-state index in [4.69, 9.17) is 10.2 Å². The first-order valence-corrected chi connectivity index (χ1v) is 7.03. The monoisotopic (exact) mass is 332 g/mol. The van der Waals surface area contributed by atoms with Crippen molar-refractivity contribution in [2.75, 3.05) is 11.9 Å². The molecular formula is C14H13BrN4O. The number of anilines is 2. The smallest absolute Gasteiger partial charge is 0.320 e. The maximum absolute atomic E-state index is 5.44. The van der Waals surface area contributed by atoms with Crippen LogP contribution in [0.25, 0.3) is 10.8 Å². The fourth-order valence-corrected chi connectivity index (χ4v) is 2.33. The Morgan fingerprint density at radius 3 is 2.75 bits per heavy atom.